The third kappa shape index (κ3) is 4.44. The van der Waals surface area contributed by atoms with Crippen LogP contribution in [0.1, 0.15) is 16.7 Å². The van der Waals surface area contributed by atoms with Crippen molar-refractivity contribution in [2.24, 2.45) is 0 Å². The summed E-state index contributed by atoms with van der Waals surface area (Å²) in [5, 5.41) is 12.2. The van der Waals surface area contributed by atoms with E-state index in [2.05, 4.69) is 21.2 Å². The zero-order chi connectivity index (χ0) is 19.3. The number of carbonyl (C=O) groups excluding carboxylic acids is 1. The van der Waals surface area contributed by atoms with E-state index in [-0.39, 0.29) is 5.57 Å². The highest BCUT2D eigenvalue weighted by Crippen LogP contribution is 2.34. The maximum atomic E-state index is 12.5. The lowest BCUT2D eigenvalue weighted by molar-refractivity contribution is -0.112. The van der Waals surface area contributed by atoms with Crippen LogP contribution in [0.15, 0.2) is 40.4 Å². The Balaban J connectivity index is 2.38. The van der Waals surface area contributed by atoms with E-state index in [0.717, 1.165) is 11.1 Å². The molecule has 0 bridgehead atoms. The number of rotatable bonds is 5. The molecule has 0 radical (unpaired) electrons. The van der Waals surface area contributed by atoms with Crippen LogP contribution in [0.3, 0.4) is 0 Å². The minimum Gasteiger partial charge on any atom is -0.496 e. The van der Waals surface area contributed by atoms with Crippen molar-refractivity contribution in [1.29, 1.82) is 5.26 Å². The Kier molecular flexibility index (Phi) is 6.42. The van der Waals surface area contributed by atoms with Gasteiger partial charge < -0.3 is 14.8 Å². The van der Waals surface area contributed by atoms with Gasteiger partial charge in [0, 0.05) is 17.3 Å². The fourth-order valence-electron chi connectivity index (χ4n) is 2.36. The second-order valence-electron chi connectivity index (χ2n) is 5.67. The van der Waals surface area contributed by atoms with Crippen molar-refractivity contribution in [1.82, 2.24) is 0 Å². The second-order valence-corrected chi connectivity index (χ2v) is 6.53. The SMILES string of the molecule is COc1cc(OC)c(/C=C(\C#N)C(=O)Nc2cc(C)ccc2C)cc1Br. The third-order valence-corrected chi connectivity index (χ3v) is 4.43. The number of hydrogen-bond donors (Lipinski definition) is 1. The number of nitrogens with one attached hydrogen (secondary N) is 1. The number of carbonyl (C=O) groups is 1. The largest absolute Gasteiger partial charge is 0.496 e. The standard InChI is InChI=1S/C20H19BrN2O3/c1-12-5-6-13(2)17(7-12)23-20(24)15(11-22)8-14-9-16(21)19(26-4)10-18(14)25-3/h5-10H,1-4H3,(H,23,24)/b15-8+. The van der Waals surface area contributed by atoms with Gasteiger partial charge in [0.25, 0.3) is 5.91 Å². The highest BCUT2D eigenvalue weighted by atomic mass is 79.9. The topological polar surface area (TPSA) is 71.3 Å². The first kappa shape index (κ1) is 19.5. The normalized spacial score (nSPS) is 10.8. The molecule has 0 aliphatic rings. The van der Waals surface area contributed by atoms with Gasteiger partial charge in [0.05, 0.1) is 18.7 Å². The van der Waals surface area contributed by atoms with E-state index >= 15 is 0 Å². The van der Waals surface area contributed by atoms with E-state index in [0.29, 0.717) is 27.2 Å². The summed E-state index contributed by atoms with van der Waals surface area (Å²) in [6.45, 7) is 3.84. The Hall–Kier alpha value is -2.78. The Bertz CT molecular complexity index is 914. The Morgan fingerprint density at radius 3 is 2.46 bits per heavy atom. The van der Waals surface area contributed by atoms with Gasteiger partial charge in [0.1, 0.15) is 23.1 Å². The lowest BCUT2D eigenvalue weighted by Gasteiger charge is -2.11. The third-order valence-electron chi connectivity index (χ3n) is 3.81. The van der Waals surface area contributed by atoms with E-state index in [4.69, 9.17) is 9.47 Å². The molecule has 1 amide bonds. The number of nitriles is 1. The summed E-state index contributed by atoms with van der Waals surface area (Å²) in [6.07, 6.45) is 1.49. The van der Waals surface area contributed by atoms with Crippen LogP contribution in [-0.4, -0.2) is 20.1 Å². The summed E-state index contributed by atoms with van der Waals surface area (Å²) in [5.41, 5.74) is 3.19. The molecule has 0 heterocycles. The molecule has 0 saturated carbocycles. The number of benzene rings is 2. The molecule has 2 aromatic rings. The molecule has 0 saturated heterocycles. The van der Waals surface area contributed by atoms with Gasteiger partial charge in [-0.05, 0) is 59.1 Å². The number of ether oxygens (including phenoxy) is 2. The first-order valence-electron chi connectivity index (χ1n) is 7.81. The molecule has 5 nitrogen and oxygen atoms in total. The first-order chi connectivity index (χ1) is 12.4. The molecule has 2 rings (SSSR count). The van der Waals surface area contributed by atoms with Gasteiger partial charge in [-0.1, -0.05) is 12.1 Å². The van der Waals surface area contributed by atoms with Gasteiger partial charge in [-0.25, -0.2) is 0 Å². The molecule has 0 aliphatic heterocycles. The molecule has 0 spiro atoms. The molecular weight excluding hydrogens is 396 g/mol. The average molecular weight is 415 g/mol. The summed E-state index contributed by atoms with van der Waals surface area (Å²) in [6, 6.07) is 11.1. The molecule has 0 unspecified atom stereocenters. The average Bonchev–Trinajstić information content (AvgIpc) is 2.62. The lowest BCUT2D eigenvalue weighted by Crippen LogP contribution is -2.14. The minimum absolute atomic E-state index is 0.0266. The fraction of sp³-hybridized carbons (Fsp3) is 0.200. The molecule has 0 aromatic heterocycles. The zero-order valence-corrected chi connectivity index (χ0v) is 16.6. The van der Waals surface area contributed by atoms with Crippen molar-refractivity contribution in [2.75, 3.05) is 19.5 Å². The Morgan fingerprint density at radius 1 is 1.15 bits per heavy atom. The van der Waals surface area contributed by atoms with Crippen molar-refractivity contribution in [3.05, 3.63) is 57.1 Å². The molecule has 134 valence electrons. The van der Waals surface area contributed by atoms with Gasteiger partial charge >= 0.3 is 0 Å². The fourth-order valence-corrected chi connectivity index (χ4v) is 2.88. The molecule has 1 N–H and O–H groups in total. The van der Waals surface area contributed by atoms with Crippen LogP contribution in [0.4, 0.5) is 5.69 Å². The monoisotopic (exact) mass is 414 g/mol. The van der Waals surface area contributed by atoms with Gasteiger partial charge in [-0.2, -0.15) is 5.26 Å². The summed E-state index contributed by atoms with van der Waals surface area (Å²) in [5.74, 6) is 0.616. The van der Waals surface area contributed by atoms with E-state index < -0.39 is 5.91 Å². The molecular formula is C20H19BrN2O3. The van der Waals surface area contributed by atoms with Gasteiger partial charge in [0.2, 0.25) is 0 Å². The second kappa shape index (κ2) is 8.54. The van der Waals surface area contributed by atoms with Gasteiger partial charge in [-0.15, -0.1) is 0 Å². The van der Waals surface area contributed by atoms with Crippen molar-refractivity contribution in [2.45, 2.75) is 13.8 Å². The summed E-state index contributed by atoms with van der Waals surface area (Å²) < 4.78 is 11.3. The first-order valence-corrected chi connectivity index (χ1v) is 8.60. The highest BCUT2D eigenvalue weighted by Gasteiger charge is 2.14. The van der Waals surface area contributed by atoms with Crippen LogP contribution in [-0.2, 0) is 4.79 Å². The number of anilines is 1. The smallest absolute Gasteiger partial charge is 0.266 e. The molecule has 0 fully saturated rings. The molecule has 0 atom stereocenters. The number of halogens is 1. The maximum Gasteiger partial charge on any atom is 0.266 e. The van der Waals surface area contributed by atoms with Crippen molar-refractivity contribution in [3.8, 4) is 17.6 Å². The molecule has 0 aliphatic carbocycles. The van der Waals surface area contributed by atoms with E-state index in [1.54, 1.807) is 19.2 Å². The van der Waals surface area contributed by atoms with Crippen molar-refractivity contribution < 1.29 is 14.3 Å². The number of amides is 1. The molecule has 6 heteroatoms. The maximum absolute atomic E-state index is 12.5. The lowest BCUT2D eigenvalue weighted by atomic mass is 10.1. The van der Waals surface area contributed by atoms with Crippen LogP contribution in [0.25, 0.3) is 6.08 Å². The quantitative estimate of drug-likeness (QED) is 0.571. The Labute approximate surface area is 161 Å². The summed E-state index contributed by atoms with van der Waals surface area (Å²) in [4.78, 5) is 12.5. The highest BCUT2D eigenvalue weighted by molar-refractivity contribution is 9.10. The predicted octanol–water partition coefficient (Wildman–Crippen LogP) is 4.63. The minimum atomic E-state index is -0.477. The Morgan fingerprint density at radius 2 is 1.85 bits per heavy atom. The van der Waals surface area contributed by atoms with Crippen molar-refractivity contribution >= 4 is 33.6 Å². The zero-order valence-electron chi connectivity index (χ0n) is 15.0. The van der Waals surface area contributed by atoms with Crippen LogP contribution in [0, 0.1) is 25.2 Å². The summed E-state index contributed by atoms with van der Waals surface area (Å²) in [7, 11) is 3.07. The van der Waals surface area contributed by atoms with Crippen LogP contribution < -0.4 is 14.8 Å². The van der Waals surface area contributed by atoms with Crippen LogP contribution in [0.5, 0.6) is 11.5 Å². The number of aryl methyl sites for hydroxylation is 2. The number of methoxy groups -OCH3 is 2. The predicted molar refractivity (Wildman–Crippen MR) is 105 cm³/mol. The van der Waals surface area contributed by atoms with Crippen LogP contribution in [0.2, 0.25) is 0 Å². The van der Waals surface area contributed by atoms with Gasteiger partial charge in [0.15, 0.2) is 0 Å². The number of hydrogen-bond acceptors (Lipinski definition) is 4. The molecule has 2 aromatic carbocycles. The number of nitrogens with zero attached hydrogens (tertiary/aromatic N) is 1. The van der Waals surface area contributed by atoms with Crippen molar-refractivity contribution in [3.63, 3.8) is 0 Å². The van der Waals surface area contributed by atoms with E-state index in [9.17, 15) is 10.1 Å². The van der Waals surface area contributed by atoms with Gasteiger partial charge in [-0.3, -0.25) is 4.79 Å². The molecule has 26 heavy (non-hydrogen) atoms. The van der Waals surface area contributed by atoms with E-state index in [1.165, 1.54) is 13.2 Å². The van der Waals surface area contributed by atoms with E-state index in [1.807, 2.05) is 38.1 Å². The summed E-state index contributed by atoms with van der Waals surface area (Å²) >= 11 is 3.40. The van der Waals surface area contributed by atoms with Crippen LogP contribution >= 0.6 is 15.9 Å².